The van der Waals surface area contributed by atoms with E-state index in [4.69, 9.17) is 16.0 Å². The zero-order valence-electron chi connectivity index (χ0n) is 7.05. The lowest BCUT2D eigenvalue weighted by Crippen LogP contribution is -2.23. The standard InChI is InChI=1S/C9H10ClNO2/c10-8-4-3-7(13-8)5-11-9(12)6-1-2-6/h3-4,6H,1-2,5H2,(H,11,12). The van der Waals surface area contributed by atoms with Crippen LogP contribution in [0.4, 0.5) is 0 Å². The Balaban J connectivity index is 1.81. The van der Waals surface area contributed by atoms with Gasteiger partial charge in [0.2, 0.25) is 5.91 Å². The molecule has 1 amide bonds. The molecule has 0 saturated heterocycles. The van der Waals surface area contributed by atoms with Crippen LogP contribution in [0.15, 0.2) is 16.5 Å². The number of hydrogen-bond donors (Lipinski definition) is 1. The lowest BCUT2D eigenvalue weighted by Gasteiger charge is -1.99. The maximum atomic E-state index is 11.2. The van der Waals surface area contributed by atoms with Crippen LogP contribution in [0.3, 0.4) is 0 Å². The van der Waals surface area contributed by atoms with E-state index in [0.717, 1.165) is 12.8 Å². The van der Waals surface area contributed by atoms with Crippen molar-refractivity contribution in [3.8, 4) is 0 Å². The van der Waals surface area contributed by atoms with Crippen molar-refractivity contribution in [1.29, 1.82) is 0 Å². The van der Waals surface area contributed by atoms with Crippen molar-refractivity contribution in [2.45, 2.75) is 19.4 Å². The largest absolute Gasteiger partial charge is 0.448 e. The van der Waals surface area contributed by atoms with Gasteiger partial charge in [0, 0.05) is 5.92 Å². The van der Waals surface area contributed by atoms with Gasteiger partial charge in [0.1, 0.15) is 5.76 Å². The Bertz CT molecular complexity index is 317. The molecule has 0 atom stereocenters. The van der Waals surface area contributed by atoms with Gasteiger partial charge in [0.25, 0.3) is 0 Å². The van der Waals surface area contributed by atoms with Crippen molar-refractivity contribution in [2.24, 2.45) is 5.92 Å². The fraction of sp³-hybridized carbons (Fsp3) is 0.444. The average Bonchev–Trinajstić information content (AvgIpc) is 2.87. The Morgan fingerprint density at radius 3 is 2.92 bits per heavy atom. The van der Waals surface area contributed by atoms with Crippen LogP contribution >= 0.6 is 11.6 Å². The van der Waals surface area contributed by atoms with Crippen molar-refractivity contribution in [3.05, 3.63) is 23.1 Å². The van der Waals surface area contributed by atoms with Crippen molar-refractivity contribution in [1.82, 2.24) is 5.32 Å². The second kappa shape index (κ2) is 3.42. The van der Waals surface area contributed by atoms with Crippen LogP contribution in [0, 0.1) is 5.92 Å². The summed E-state index contributed by atoms with van der Waals surface area (Å²) in [6.45, 7) is 0.433. The molecule has 1 saturated carbocycles. The summed E-state index contributed by atoms with van der Waals surface area (Å²) < 4.78 is 5.08. The second-order valence-electron chi connectivity index (χ2n) is 3.20. The molecular formula is C9H10ClNO2. The Morgan fingerprint density at radius 1 is 1.62 bits per heavy atom. The van der Waals surface area contributed by atoms with Crippen molar-refractivity contribution < 1.29 is 9.21 Å². The number of carbonyl (C=O) groups is 1. The number of amides is 1. The highest BCUT2D eigenvalue weighted by Gasteiger charge is 2.29. The van der Waals surface area contributed by atoms with Crippen LogP contribution in [0.25, 0.3) is 0 Å². The van der Waals surface area contributed by atoms with Gasteiger partial charge in [0.05, 0.1) is 6.54 Å². The van der Waals surface area contributed by atoms with E-state index >= 15 is 0 Å². The van der Waals surface area contributed by atoms with E-state index in [-0.39, 0.29) is 11.8 Å². The minimum absolute atomic E-state index is 0.118. The van der Waals surface area contributed by atoms with Crippen molar-refractivity contribution >= 4 is 17.5 Å². The molecule has 0 bridgehead atoms. The van der Waals surface area contributed by atoms with Crippen LogP contribution < -0.4 is 5.32 Å². The predicted molar refractivity (Wildman–Crippen MR) is 48.3 cm³/mol. The molecular weight excluding hydrogens is 190 g/mol. The number of furan rings is 1. The first-order chi connectivity index (χ1) is 6.25. The van der Waals surface area contributed by atoms with Crippen LogP contribution in [-0.4, -0.2) is 5.91 Å². The maximum Gasteiger partial charge on any atom is 0.223 e. The van der Waals surface area contributed by atoms with E-state index in [1.807, 2.05) is 0 Å². The Morgan fingerprint density at radius 2 is 2.38 bits per heavy atom. The highest BCUT2D eigenvalue weighted by molar-refractivity contribution is 6.28. The molecule has 1 aromatic rings. The van der Waals surface area contributed by atoms with Gasteiger partial charge in [-0.15, -0.1) is 0 Å². The minimum atomic E-state index is 0.118. The molecule has 13 heavy (non-hydrogen) atoms. The summed E-state index contributed by atoms with van der Waals surface area (Å²) in [5, 5.41) is 3.14. The molecule has 0 spiro atoms. The summed E-state index contributed by atoms with van der Waals surface area (Å²) in [4.78, 5) is 11.2. The van der Waals surface area contributed by atoms with Crippen LogP contribution in [0.2, 0.25) is 5.22 Å². The highest BCUT2D eigenvalue weighted by Crippen LogP contribution is 2.28. The minimum Gasteiger partial charge on any atom is -0.448 e. The van der Waals surface area contributed by atoms with Gasteiger partial charge < -0.3 is 9.73 Å². The maximum absolute atomic E-state index is 11.2. The molecule has 0 radical (unpaired) electrons. The van der Waals surface area contributed by atoms with Gasteiger partial charge in [-0.25, -0.2) is 0 Å². The van der Waals surface area contributed by atoms with Gasteiger partial charge in [-0.1, -0.05) is 0 Å². The highest BCUT2D eigenvalue weighted by atomic mass is 35.5. The smallest absolute Gasteiger partial charge is 0.223 e. The molecule has 4 heteroatoms. The Kier molecular flexibility index (Phi) is 2.27. The van der Waals surface area contributed by atoms with Crippen LogP contribution in [-0.2, 0) is 11.3 Å². The topological polar surface area (TPSA) is 42.2 Å². The Labute approximate surface area is 81.1 Å². The lowest BCUT2D eigenvalue weighted by atomic mass is 10.4. The monoisotopic (exact) mass is 199 g/mol. The summed E-state index contributed by atoms with van der Waals surface area (Å²) in [6.07, 6.45) is 2.04. The molecule has 1 N–H and O–H groups in total. The zero-order valence-corrected chi connectivity index (χ0v) is 7.80. The summed E-state index contributed by atoms with van der Waals surface area (Å²) >= 11 is 5.57. The zero-order chi connectivity index (χ0) is 9.26. The normalized spacial score (nSPS) is 15.8. The molecule has 0 aromatic carbocycles. The molecule has 1 fully saturated rings. The van der Waals surface area contributed by atoms with E-state index < -0.39 is 0 Å². The van der Waals surface area contributed by atoms with Crippen molar-refractivity contribution in [3.63, 3.8) is 0 Å². The first-order valence-corrected chi connectivity index (χ1v) is 4.65. The van der Waals surface area contributed by atoms with Crippen LogP contribution in [0.5, 0.6) is 0 Å². The number of rotatable bonds is 3. The first kappa shape index (κ1) is 8.63. The molecule has 0 aliphatic heterocycles. The summed E-state index contributed by atoms with van der Waals surface area (Å²) in [6, 6.07) is 3.43. The summed E-state index contributed by atoms with van der Waals surface area (Å²) in [5.41, 5.74) is 0. The molecule has 1 aromatic heterocycles. The van der Waals surface area contributed by atoms with E-state index in [1.165, 1.54) is 0 Å². The van der Waals surface area contributed by atoms with Crippen LogP contribution in [0.1, 0.15) is 18.6 Å². The molecule has 1 aliphatic carbocycles. The van der Waals surface area contributed by atoms with E-state index in [1.54, 1.807) is 12.1 Å². The Hall–Kier alpha value is -0.960. The predicted octanol–water partition coefficient (Wildman–Crippen LogP) is 1.96. The third-order valence-electron chi connectivity index (χ3n) is 2.01. The summed E-state index contributed by atoms with van der Waals surface area (Å²) in [5.74, 6) is 1.05. The number of halogens is 1. The first-order valence-electron chi connectivity index (χ1n) is 4.27. The fourth-order valence-corrected chi connectivity index (χ4v) is 1.27. The molecule has 1 heterocycles. The SMILES string of the molecule is O=C(NCc1ccc(Cl)o1)C1CC1. The van der Waals surface area contributed by atoms with E-state index in [9.17, 15) is 4.79 Å². The number of hydrogen-bond acceptors (Lipinski definition) is 2. The molecule has 3 nitrogen and oxygen atoms in total. The van der Waals surface area contributed by atoms with Gasteiger partial charge >= 0.3 is 0 Å². The van der Waals surface area contributed by atoms with Gasteiger partial charge in [-0.05, 0) is 36.6 Å². The second-order valence-corrected chi connectivity index (χ2v) is 3.57. The lowest BCUT2D eigenvalue weighted by molar-refractivity contribution is -0.122. The molecule has 70 valence electrons. The molecule has 1 aliphatic rings. The number of carbonyl (C=O) groups excluding carboxylic acids is 1. The van der Waals surface area contributed by atoms with Gasteiger partial charge in [0.15, 0.2) is 5.22 Å². The molecule has 2 rings (SSSR count). The average molecular weight is 200 g/mol. The van der Waals surface area contributed by atoms with Gasteiger partial charge in [-0.3, -0.25) is 4.79 Å². The van der Waals surface area contributed by atoms with E-state index in [2.05, 4.69) is 5.32 Å². The quantitative estimate of drug-likeness (QED) is 0.809. The third-order valence-corrected chi connectivity index (χ3v) is 2.22. The van der Waals surface area contributed by atoms with E-state index in [0.29, 0.717) is 17.5 Å². The van der Waals surface area contributed by atoms with Crippen molar-refractivity contribution in [2.75, 3.05) is 0 Å². The fourth-order valence-electron chi connectivity index (χ4n) is 1.11. The molecule has 0 unspecified atom stereocenters. The van der Waals surface area contributed by atoms with Gasteiger partial charge in [-0.2, -0.15) is 0 Å². The summed E-state index contributed by atoms with van der Waals surface area (Å²) in [7, 11) is 0. The third kappa shape index (κ3) is 2.25. The number of nitrogens with one attached hydrogen (secondary N) is 1.